The molecule has 1 aliphatic rings. The largest absolute Gasteiger partial charge is 0.479 e. The minimum Gasteiger partial charge on any atom is -0.479 e. The summed E-state index contributed by atoms with van der Waals surface area (Å²) in [6.45, 7) is 0.710. The number of amides is 2. The predicted molar refractivity (Wildman–Crippen MR) is 99.2 cm³/mol. The summed E-state index contributed by atoms with van der Waals surface area (Å²) in [5.74, 6) is 0.354. The van der Waals surface area contributed by atoms with E-state index in [4.69, 9.17) is 4.74 Å². The molecule has 1 aliphatic heterocycles. The zero-order valence-corrected chi connectivity index (χ0v) is 14.6. The van der Waals surface area contributed by atoms with E-state index in [9.17, 15) is 4.79 Å². The lowest BCUT2D eigenvalue weighted by Crippen LogP contribution is -2.41. The van der Waals surface area contributed by atoms with Gasteiger partial charge >= 0.3 is 6.03 Å². The van der Waals surface area contributed by atoms with Gasteiger partial charge in [-0.2, -0.15) is 4.98 Å². The zero-order valence-electron chi connectivity index (χ0n) is 14.6. The van der Waals surface area contributed by atoms with E-state index in [2.05, 4.69) is 38.5 Å². The lowest BCUT2D eigenvalue weighted by molar-refractivity contribution is 0.162. The van der Waals surface area contributed by atoms with Gasteiger partial charge in [0.1, 0.15) is 12.0 Å². The molecule has 134 valence electrons. The molecule has 1 saturated heterocycles. The summed E-state index contributed by atoms with van der Waals surface area (Å²) in [6, 6.07) is 10.2. The Kier molecular flexibility index (Phi) is 4.43. The molecule has 0 spiro atoms. The topological polar surface area (TPSA) is 83.1 Å². The Morgan fingerprint density at radius 2 is 2.23 bits per heavy atom. The fourth-order valence-electron chi connectivity index (χ4n) is 3.53. The third-order valence-corrected chi connectivity index (χ3v) is 4.78. The van der Waals surface area contributed by atoms with Gasteiger partial charge in [0.15, 0.2) is 0 Å². The maximum Gasteiger partial charge on any atom is 0.322 e. The molecule has 2 aromatic heterocycles. The van der Waals surface area contributed by atoms with E-state index in [-0.39, 0.29) is 12.1 Å². The number of para-hydroxylation sites is 1. The van der Waals surface area contributed by atoms with Crippen molar-refractivity contribution in [1.82, 2.24) is 19.9 Å². The Morgan fingerprint density at radius 1 is 1.35 bits per heavy atom. The van der Waals surface area contributed by atoms with Crippen LogP contribution in [-0.2, 0) is 0 Å². The number of carbonyl (C=O) groups is 1. The number of methoxy groups -OCH3 is 1. The van der Waals surface area contributed by atoms with Gasteiger partial charge in [0, 0.05) is 17.8 Å². The first-order chi connectivity index (χ1) is 12.8. The number of rotatable bonds is 3. The van der Waals surface area contributed by atoms with Crippen LogP contribution in [0.3, 0.4) is 0 Å². The smallest absolute Gasteiger partial charge is 0.322 e. The molecule has 0 saturated carbocycles. The van der Waals surface area contributed by atoms with Crippen LogP contribution < -0.4 is 10.1 Å². The standard InChI is InChI=1S/C19H21N5O2/c1-26-18-16(11-20-12-21-18)23-19(25)24-9-5-4-8-17(24)15-10-13-6-2-3-7-14(13)22-15/h2-3,6-7,10-12,17,22H,4-5,8-9H2,1H3,(H,23,25). The van der Waals surface area contributed by atoms with Gasteiger partial charge < -0.3 is 19.9 Å². The fraction of sp³-hybridized carbons (Fsp3) is 0.316. The van der Waals surface area contributed by atoms with E-state index >= 15 is 0 Å². The van der Waals surface area contributed by atoms with Gasteiger partial charge in [-0.05, 0) is 36.8 Å². The molecule has 0 radical (unpaired) electrons. The number of carbonyl (C=O) groups excluding carboxylic acids is 1. The van der Waals surface area contributed by atoms with Crippen LogP contribution in [0.4, 0.5) is 10.5 Å². The molecule has 0 bridgehead atoms. The quantitative estimate of drug-likeness (QED) is 0.753. The zero-order chi connectivity index (χ0) is 17.9. The summed E-state index contributed by atoms with van der Waals surface area (Å²) in [5.41, 5.74) is 2.63. The lowest BCUT2D eigenvalue weighted by Gasteiger charge is -2.35. The lowest BCUT2D eigenvalue weighted by atomic mass is 9.99. The van der Waals surface area contributed by atoms with Gasteiger partial charge in [-0.1, -0.05) is 18.2 Å². The summed E-state index contributed by atoms with van der Waals surface area (Å²) < 4.78 is 5.19. The highest BCUT2D eigenvalue weighted by Crippen LogP contribution is 2.33. The first kappa shape index (κ1) is 16.4. The van der Waals surface area contributed by atoms with Crippen molar-refractivity contribution in [2.24, 2.45) is 0 Å². The highest BCUT2D eigenvalue weighted by molar-refractivity contribution is 5.91. The van der Waals surface area contributed by atoms with E-state index < -0.39 is 0 Å². The number of likely N-dealkylation sites (tertiary alicyclic amines) is 1. The number of urea groups is 1. The van der Waals surface area contributed by atoms with Crippen molar-refractivity contribution in [1.29, 1.82) is 0 Å². The van der Waals surface area contributed by atoms with Crippen molar-refractivity contribution in [3.8, 4) is 5.88 Å². The molecule has 4 rings (SSSR count). The van der Waals surface area contributed by atoms with Crippen LogP contribution in [0.15, 0.2) is 42.9 Å². The molecule has 7 nitrogen and oxygen atoms in total. The molecule has 3 aromatic rings. The number of H-pyrrole nitrogens is 1. The van der Waals surface area contributed by atoms with E-state index in [1.807, 2.05) is 17.0 Å². The van der Waals surface area contributed by atoms with Gasteiger partial charge in [0.2, 0.25) is 5.88 Å². The van der Waals surface area contributed by atoms with Crippen LogP contribution >= 0.6 is 0 Å². The molecule has 2 N–H and O–H groups in total. The van der Waals surface area contributed by atoms with Crippen LogP contribution in [0.25, 0.3) is 10.9 Å². The third-order valence-electron chi connectivity index (χ3n) is 4.78. The minimum atomic E-state index is -0.165. The summed E-state index contributed by atoms with van der Waals surface area (Å²) in [7, 11) is 1.52. The minimum absolute atomic E-state index is 0.0202. The number of aromatic nitrogens is 3. The van der Waals surface area contributed by atoms with Gasteiger partial charge in [0.25, 0.3) is 0 Å². The van der Waals surface area contributed by atoms with Crippen molar-refractivity contribution >= 4 is 22.6 Å². The molecule has 1 fully saturated rings. The van der Waals surface area contributed by atoms with Crippen molar-refractivity contribution in [2.75, 3.05) is 19.0 Å². The van der Waals surface area contributed by atoms with Crippen LogP contribution in [0.5, 0.6) is 5.88 Å². The second-order valence-corrected chi connectivity index (χ2v) is 6.39. The normalized spacial score (nSPS) is 17.3. The Hall–Kier alpha value is -3.09. The van der Waals surface area contributed by atoms with Gasteiger partial charge in [-0.15, -0.1) is 0 Å². The van der Waals surface area contributed by atoms with Gasteiger partial charge in [0.05, 0.1) is 19.3 Å². The predicted octanol–water partition coefficient (Wildman–Crippen LogP) is 3.73. The maximum atomic E-state index is 12.9. The average molecular weight is 351 g/mol. The molecule has 2 amide bonds. The number of ether oxygens (including phenoxy) is 1. The number of nitrogens with one attached hydrogen (secondary N) is 2. The molecular weight excluding hydrogens is 330 g/mol. The average Bonchev–Trinajstić information content (AvgIpc) is 3.12. The molecule has 7 heteroatoms. The molecule has 3 heterocycles. The second kappa shape index (κ2) is 7.03. The Morgan fingerprint density at radius 3 is 3.08 bits per heavy atom. The molecule has 1 unspecified atom stereocenters. The SMILES string of the molecule is COc1ncncc1NC(=O)N1CCCCC1c1cc2ccccc2[nH]1. The highest BCUT2D eigenvalue weighted by Gasteiger charge is 2.29. The molecule has 26 heavy (non-hydrogen) atoms. The van der Waals surface area contributed by atoms with Crippen LogP contribution in [0, 0.1) is 0 Å². The number of piperidine rings is 1. The second-order valence-electron chi connectivity index (χ2n) is 6.39. The Bertz CT molecular complexity index is 890. The first-order valence-corrected chi connectivity index (χ1v) is 8.75. The van der Waals surface area contributed by atoms with Crippen molar-refractivity contribution in [3.05, 3.63) is 48.5 Å². The number of hydrogen-bond acceptors (Lipinski definition) is 4. The molecule has 1 aromatic carbocycles. The van der Waals surface area contributed by atoms with Crippen LogP contribution in [0.2, 0.25) is 0 Å². The van der Waals surface area contributed by atoms with Gasteiger partial charge in [-0.25, -0.2) is 9.78 Å². The van der Waals surface area contributed by atoms with Crippen LogP contribution in [-0.4, -0.2) is 39.5 Å². The summed E-state index contributed by atoms with van der Waals surface area (Å²) in [6.07, 6.45) is 5.96. The van der Waals surface area contributed by atoms with E-state index in [0.717, 1.165) is 35.9 Å². The van der Waals surface area contributed by atoms with Crippen molar-refractivity contribution < 1.29 is 9.53 Å². The Balaban J connectivity index is 1.59. The molecule has 0 aliphatic carbocycles. The van der Waals surface area contributed by atoms with Crippen molar-refractivity contribution in [2.45, 2.75) is 25.3 Å². The maximum absolute atomic E-state index is 12.9. The number of fused-ring (bicyclic) bond motifs is 1. The summed E-state index contributed by atoms with van der Waals surface area (Å²) in [4.78, 5) is 26.3. The van der Waals surface area contributed by atoms with E-state index in [0.29, 0.717) is 18.1 Å². The van der Waals surface area contributed by atoms with Crippen LogP contribution in [0.1, 0.15) is 31.0 Å². The number of aromatic amines is 1. The number of benzene rings is 1. The fourth-order valence-corrected chi connectivity index (χ4v) is 3.53. The number of anilines is 1. The highest BCUT2D eigenvalue weighted by atomic mass is 16.5. The number of nitrogens with zero attached hydrogens (tertiary/aromatic N) is 3. The summed E-state index contributed by atoms with van der Waals surface area (Å²) >= 11 is 0. The van der Waals surface area contributed by atoms with E-state index in [1.54, 1.807) is 6.20 Å². The first-order valence-electron chi connectivity index (χ1n) is 8.75. The van der Waals surface area contributed by atoms with Crippen molar-refractivity contribution in [3.63, 3.8) is 0 Å². The monoisotopic (exact) mass is 351 g/mol. The van der Waals surface area contributed by atoms with Gasteiger partial charge in [-0.3, -0.25) is 0 Å². The Labute approximate surface area is 151 Å². The van der Waals surface area contributed by atoms with E-state index in [1.165, 1.54) is 13.4 Å². The third kappa shape index (κ3) is 3.08. The summed E-state index contributed by atoms with van der Waals surface area (Å²) in [5, 5.41) is 4.05. The molecule has 1 atom stereocenters. The molecular formula is C19H21N5O2. The number of hydrogen-bond donors (Lipinski definition) is 2.